The van der Waals surface area contributed by atoms with Gasteiger partial charge in [0.2, 0.25) is 0 Å². The molecule has 88 valence electrons. The second kappa shape index (κ2) is 5.35. The number of ketones is 2. The third-order valence-corrected chi connectivity index (χ3v) is 2.63. The zero-order chi connectivity index (χ0) is 13.0. The lowest BCUT2D eigenvalue weighted by Gasteiger charge is -2.14. The highest BCUT2D eigenvalue weighted by molar-refractivity contribution is 6.01. The summed E-state index contributed by atoms with van der Waals surface area (Å²) >= 11 is 0. The van der Waals surface area contributed by atoms with Gasteiger partial charge < -0.3 is 0 Å². The van der Waals surface area contributed by atoms with E-state index in [1.807, 2.05) is 0 Å². The molecule has 1 rings (SSSR count). The Bertz CT molecular complexity index is 490. The first kappa shape index (κ1) is 13.0. The maximum absolute atomic E-state index is 13.4. The summed E-state index contributed by atoms with van der Waals surface area (Å²) in [6.07, 6.45) is 0. The van der Waals surface area contributed by atoms with Gasteiger partial charge in [0, 0.05) is 5.92 Å². The fourth-order valence-electron chi connectivity index (χ4n) is 1.61. The minimum absolute atomic E-state index is 0.0819. The summed E-state index contributed by atoms with van der Waals surface area (Å²) in [5.74, 6) is -3.41. The normalized spacial score (nSPS) is 13.5. The summed E-state index contributed by atoms with van der Waals surface area (Å²) in [4.78, 5) is 23.1. The van der Waals surface area contributed by atoms with Crippen LogP contribution in [-0.4, -0.2) is 11.6 Å². The Morgan fingerprint density at radius 1 is 1.35 bits per heavy atom. The molecule has 0 saturated heterocycles. The first-order chi connectivity index (χ1) is 7.99. The molecule has 0 heterocycles. The van der Waals surface area contributed by atoms with Gasteiger partial charge in [0.15, 0.2) is 5.78 Å². The van der Waals surface area contributed by atoms with Crippen molar-refractivity contribution in [3.8, 4) is 6.07 Å². The van der Waals surface area contributed by atoms with Crippen LogP contribution in [0.2, 0.25) is 0 Å². The quantitative estimate of drug-likeness (QED) is 0.750. The van der Waals surface area contributed by atoms with Crippen molar-refractivity contribution in [1.29, 1.82) is 5.26 Å². The number of carbonyl (C=O) groups is 2. The van der Waals surface area contributed by atoms with E-state index in [-0.39, 0.29) is 11.3 Å². The van der Waals surface area contributed by atoms with Crippen molar-refractivity contribution in [3.63, 3.8) is 0 Å². The number of hydrogen-bond acceptors (Lipinski definition) is 3. The van der Waals surface area contributed by atoms with Crippen molar-refractivity contribution in [2.24, 2.45) is 11.8 Å². The number of Topliss-reactive ketones (excluding diaryl/α,β-unsaturated/α-hetero) is 2. The summed E-state index contributed by atoms with van der Waals surface area (Å²) in [6.45, 7) is 2.71. The van der Waals surface area contributed by atoms with Gasteiger partial charge in [-0.05, 0) is 19.1 Å². The highest BCUT2D eigenvalue weighted by atomic mass is 19.1. The van der Waals surface area contributed by atoms with Crippen LogP contribution in [-0.2, 0) is 4.79 Å². The van der Waals surface area contributed by atoms with Gasteiger partial charge in [0.25, 0.3) is 0 Å². The average molecular weight is 233 g/mol. The third kappa shape index (κ3) is 2.76. The molecule has 0 radical (unpaired) electrons. The molecule has 0 N–H and O–H groups in total. The van der Waals surface area contributed by atoms with Crippen LogP contribution in [0.25, 0.3) is 0 Å². The Balaban J connectivity index is 3.03. The third-order valence-electron chi connectivity index (χ3n) is 2.63. The van der Waals surface area contributed by atoms with Gasteiger partial charge in [-0.25, -0.2) is 4.39 Å². The molecule has 0 aliphatic carbocycles. The minimum atomic E-state index is -1.03. The molecule has 0 aliphatic rings. The van der Waals surface area contributed by atoms with Crippen molar-refractivity contribution < 1.29 is 14.0 Å². The lowest BCUT2D eigenvalue weighted by Crippen LogP contribution is -2.26. The van der Waals surface area contributed by atoms with Gasteiger partial charge in [0.05, 0.1) is 11.6 Å². The van der Waals surface area contributed by atoms with Gasteiger partial charge >= 0.3 is 0 Å². The van der Waals surface area contributed by atoms with Gasteiger partial charge in [-0.2, -0.15) is 5.26 Å². The highest BCUT2D eigenvalue weighted by Gasteiger charge is 2.29. The van der Waals surface area contributed by atoms with Crippen LogP contribution in [0.1, 0.15) is 24.2 Å². The first-order valence-corrected chi connectivity index (χ1v) is 5.17. The maximum atomic E-state index is 13.4. The summed E-state index contributed by atoms with van der Waals surface area (Å²) in [7, 11) is 0. The van der Waals surface area contributed by atoms with E-state index < -0.39 is 23.4 Å². The molecule has 2 unspecified atom stereocenters. The highest BCUT2D eigenvalue weighted by Crippen LogP contribution is 2.19. The Hall–Kier alpha value is -2.02. The van der Waals surface area contributed by atoms with E-state index in [9.17, 15) is 14.0 Å². The Kier molecular flexibility index (Phi) is 4.11. The lowest BCUT2D eigenvalue weighted by molar-refractivity contribution is -0.120. The van der Waals surface area contributed by atoms with Gasteiger partial charge in [-0.15, -0.1) is 0 Å². The fourth-order valence-corrected chi connectivity index (χ4v) is 1.61. The maximum Gasteiger partial charge on any atom is 0.170 e. The SMILES string of the molecule is CC(=O)C(C#N)C(C)C(=O)c1ccccc1F. The van der Waals surface area contributed by atoms with Crippen LogP contribution in [0.4, 0.5) is 4.39 Å². The van der Waals surface area contributed by atoms with E-state index in [4.69, 9.17) is 5.26 Å². The number of hydrogen-bond donors (Lipinski definition) is 0. The van der Waals surface area contributed by atoms with E-state index in [1.165, 1.54) is 38.1 Å². The Morgan fingerprint density at radius 3 is 2.41 bits per heavy atom. The van der Waals surface area contributed by atoms with Gasteiger partial charge in [-0.1, -0.05) is 19.1 Å². The van der Waals surface area contributed by atoms with E-state index in [2.05, 4.69) is 0 Å². The standard InChI is InChI=1S/C13H12FNO2/c1-8(11(7-15)9(2)16)13(17)10-5-3-4-6-12(10)14/h3-6,8,11H,1-2H3. The van der Waals surface area contributed by atoms with Crippen LogP contribution in [0, 0.1) is 29.0 Å². The second-order valence-corrected chi connectivity index (χ2v) is 3.85. The van der Waals surface area contributed by atoms with Crippen LogP contribution in [0.15, 0.2) is 24.3 Å². The summed E-state index contributed by atoms with van der Waals surface area (Å²) in [5.41, 5.74) is -0.0819. The van der Waals surface area contributed by atoms with E-state index in [1.54, 1.807) is 6.07 Å². The van der Waals surface area contributed by atoms with Crippen molar-refractivity contribution in [2.75, 3.05) is 0 Å². The van der Waals surface area contributed by atoms with Crippen molar-refractivity contribution in [2.45, 2.75) is 13.8 Å². The molecule has 0 fully saturated rings. The van der Waals surface area contributed by atoms with Crippen LogP contribution in [0.5, 0.6) is 0 Å². The molecule has 2 atom stereocenters. The number of carbonyl (C=O) groups excluding carboxylic acids is 2. The van der Waals surface area contributed by atoms with Crippen LogP contribution >= 0.6 is 0 Å². The van der Waals surface area contributed by atoms with Gasteiger partial charge in [0.1, 0.15) is 17.5 Å². The number of nitrogens with zero attached hydrogens (tertiary/aromatic N) is 1. The summed E-state index contributed by atoms with van der Waals surface area (Å²) in [6, 6.07) is 7.32. The van der Waals surface area contributed by atoms with E-state index in [0.29, 0.717) is 0 Å². The molecule has 1 aromatic carbocycles. The molecular formula is C13H12FNO2. The molecule has 1 aromatic rings. The number of benzene rings is 1. The molecule has 0 bridgehead atoms. The minimum Gasteiger partial charge on any atom is -0.299 e. The molecule has 3 nitrogen and oxygen atoms in total. The topological polar surface area (TPSA) is 57.9 Å². The zero-order valence-electron chi connectivity index (χ0n) is 9.61. The van der Waals surface area contributed by atoms with E-state index in [0.717, 1.165) is 0 Å². The monoisotopic (exact) mass is 233 g/mol. The molecular weight excluding hydrogens is 221 g/mol. The predicted octanol–water partition coefficient (Wildman–Crippen LogP) is 2.37. The summed E-state index contributed by atoms with van der Waals surface area (Å²) < 4.78 is 13.4. The predicted molar refractivity (Wildman–Crippen MR) is 59.7 cm³/mol. The summed E-state index contributed by atoms with van der Waals surface area (Å²) in [5, 5.41) is 8.82. The average Bonchev–Trinajstić information content (AvgIpc) is 2.29. The molecule has 0 saturated carbocycles. The molecule has 17 heavy (non-hydrogen) atoms. The fraction of sp³-hybridized carbons (Fsp3) is 0.308. The molecule has 0 amide bonds. The molecule has 0 aromatic heterocycles. The smallest absolute Gasteiger partial charge is 0.170 e. The van der Waals surface area contributed by atoms with Gasteiger partial charge in [-0.3, -0.25) is 9.59 Å². The number of nitriles is 1. The largest absolute Gasteiger partial charge is 0.299 e. The molecule has 4 heteroatoms. The van der Waals surface area contributed by atoms with E-state index >= 15 is 0 Å². The van der Waals surface area contributed by atoms with Crippen LogP contribution < -0.4 is 0 Å². The lowest BCUT2D eigenvalue weighted by atomic mass is 9.85. The van der Waals surface area contributed by atoms with Crippen molar-refractivity contribution >= 4 is 11.6 Å². The molecule has 0 aliphatic heterocycles. The number of halogens is 1. The van der Waals surface area contributed by atoms with Crippen molar-refractivity contribution in [3.05, 3.63) is 35.6 Å². The zero-order valence-corrected chi connectivity index (χ0v) is 9.61. The first-order valence-electron chi connectivity index (χ1n) is 5.17. The molecule has 0 spiro atoms. The Labute approximate surface area is 98.9 Å². The number of rotatable bonds is 4. The second-order valence-electron chi connectivity index (χ2n) is 3.85. The van der Waals surface area contributed by atoms with Crippen LogP contribution in [0.3, 0.4) is 0 Å². The van der Waals surface area contributed by atoms with Crippen molar-refractivity contribution in [1.82, 2.24) is 0 Å². The Morgan fingerprint density at radius 2 is 1.94 bits per heavy atom.